The van der Waals surface area contributed by atoms with Crippen LogP contribution in [0.15, 0.2) is 16.6 Å². The number of hydrogen-bond donors (Lipinski definition) is 0. The van der Waals surface area contributed by atoms with Gasteiger partial charge in [0, 0.05) is 5.02 Å². The lowest BCUT2D eigenvalue weighted by Gasteiger charge is -1.96. The van der Waals surface area contributed by atoms with Gasteiger partial charge in [-0.1, -0.05) is 11.6 Å². The van der Waals surface area contributed by atoms with E-state index >= 15 is 0 Å². The third-order valence-electron chi connectivity index (χ3n) is 1.11. The molecule has 0 fully saturated rings. The standard InChI is InChI=1S/C7H2BrClFN/c1-11-7-3-6(10)4(8)2-5(7)9/h2-3H. The average Bonchev–Trinajstić information content (AvgIpc) is 1.97. The van der Waals surface area contributed by atoms with E-state index in [1.165, 1.54) is 6.07 Å². The van der Waals surface area contributed by atoms with Crippen LogP contribution in [-0.4, -0.2) is 0 Å². The van der Waals surface area contributed by atoms with Crippen molar-refractivity contribution in [2.24, 2.45) is 0 Å². The second-order valence-corrected chi connectivity index (χ2v) is 3.09. The molecule has 0 heterocycles. The summed E-state index contributed by atoms with van der Waals surface area (Å²) in [6.45, 7) is 6.61. The maximum atomic E-state index is 12.7. The molecule has 1 rings (SSSR count). The number of hydrogen-bond acceptors (Lipinski definition) is 0. The minimum absolute atomic E-state index is 0.132. The molecule has 0 aliphatic carbocycles. The number of benzene rings is 1. The van der Waals surface area contributed by atoms with Crippen LogP contribution in [0, 0.1) is 12.4 Å². The molecule has 1 aromatic carbocycles. The molecule has 56 valence electrons. The molecule has 0 saturated carbocycles. The third-order valence-corrected chi connectivity index (χ3v) is 2.02. The van der Waals surface area contributed by atoms with Crippen LogP contribution in [0.2, 0.25) is 5.02 Å². The summed E-state index contributed by atoms with van der Waals surface area (Å²) in [5.74, 6) is -0.472. The minimum atomic E-state index is -0.472. The SMILES string of the molecule is [C-]#[N+]c1cc(F)c(Br)cc1Cl. The lowest BCUT2D eigenvalue weighted by Crippen LogP contribution is -1.75. The molecule has 0 atom stereocenters. The Morgan fingerprint density at radius 2 is 2.18 bits per heavy atom. The van der Waals surface area contributed by atoms with Crippen LogP contribution in [0.5, 0.6) is 0 Å². The van der Waals surface area contributed by atoms with E-state index in [0.29, 0.717) is 0 Å². The minimum Gasteiger partial charge on any atom is -0.236 e. The van der Waals surface area contributed by atoms with Crippen molar-refractivity contribution in [1.29, 1.82) is 0 Å². The lowest BCUT2D eigenvalue weighted by molar-refractivity contribution is 0.622. The average molecular weight is 234 g/mol. The van der Waals surface area contributed by atoms with E-state index in [4.69, 9.17) is 18.2 Å². The first-order valence-electron chi connectivity index (χ1n) is 2.67. The van der Waals surface area contributed by atoms with Gasteiger partial charge in [0.1, 0.15) is 5.82 Å². The highest BCUT2D eigenvalue weighted by atomic mass is 79.9. The molecule has 0 unspecified atom stereocenters. The van der Waals surface area contributed by atoms with Gasteiger partial charge in [-0.15, -0.1) is 0 Å². The van der Waals surface area contributed by atoms with Crippen LogP contribution in [0.25, 0.3) is 4.85 Å². The molecule has 0 N–H and O–H groups in total. The van der Waals surface area contributed by atoms with Gasteiger partial charge in [-0.3, -0.25) is 0 Å². The van der Waals surface area contributed by atoms with Crippen molar-refractivity contribution in [3.8, 4) is 0 Å². The van der Waals surface area contributed by atoms with Crippen molar-refractivity contribution in [2.45, 2.75) is 0 Å². The highest BCUT2D eigenvalue weighted by Crippen LogP contribution is 2.30. The Labute approximate surface area is 76.7 Å². The summed E-state index contributed by atoms with van der Waals surface area (Å²) in [4.78, 5) is 3.03. The van der Waals surface area contributed by atoms with Gasteiger partial charge < -0.3 is 0 Å². The maximum Gasteiger partial charge on any atom is 0.208 e. The molecule has 0 bridgehead atoms. The van der Waals surface area contributed by atoms with E-state index in [9.17, 15) is 4.39 Å². The summed E-state index contributed by atoms with van der Waals surface area (Å²) in [5.41, 5.74) is 0.132. The van der Waals surface area contributed by atoms with Crippen LogP contribution >= 0.6 is 27.5 Å². The number of halogens is 3. The summed E-state index contributed by atoms with van der Waals surface area (Å²) in [5, 5.41) is 0.258. The lowest BCUT2D eigenvalue weighted by atomic mass is 10.3. The van der Waals surface area contributed by atoms with Crippen LogP contribution in [-0.2, 0) is 0 Å². The Bertz CT molecular complexity index is 332. The summed E-state index contributed by atoms with van der Waals surface area (Å²) in [7, 11) is 0. The van der Waals surface area contributed by atoms with Gasteiger partial charge in [-0.25, -0.2) is 9.24 Å². The number of nitrogens with zero attached hydrogens (tertiary/aromatic N) is 1. The van der Waals surface area contributed by atoms with Gasteiger partial charge in [-0.2, -0.15) is 0 Å². The molecule has 0 aliphatic rings. The molecule has 0 saturated heterocycles. The Morgan fingerprint density at radius 3 is 2.73 bits per heavy atom. The second kappa shape index (κ2) is 3.21. The first-order valence-corrected chi connectivity index (χ1v) is 3.84. The summed E-state index contributed by atoms with van der Waals surface area (Å²) in [6, 6.07) is 2.46. The zero-order valence-corrected chi connectivity index (χ0v) is 7.58. The van der Waals surface area contributed by atoms with E-state index in [-0.39, 0.29) is 15.2 Å². The van der Waals surface area contributed by atoms with Crippen molar-refractivity contribution in [3.63, 3.8) is 0 Å². The monoisotopic (exact) mass is 233 g/mol. The van der Waals surface area contributed by atoms with Gasteiger partial charge in [0.15, 0.2) is 0 Å². The highest BCUT2D eigenvalue weighted by Gasteiger charge is 2.05. The second-order valence-electron chi connectivity index (χ2n) is 1.83. The van der Waals surface area contributed by atoms with Gasteiger partial charge >= 0.3 is 0 Å². The van der Waals surface area contributed by atoms with Crippen molar-refractivity contribution >= 4 is 33.2 Å². The van der Waals surface area contributed by atoms with Crippen LogP contribution < -0.4 is 0 Å². The molecule has 11 heavy (non-hydrogen) atoms. The summed E-state index contributed by atoms with van der Waals surface area (Å²) >= 11 is 8.54. The first-order chi connectivity index (χ1) is 5.15. The first kappa shape index (κ1) is 8.51. The van der Waals surface area contributed by atoms with Crippen molar-refractivity contribution in [3.05, 3.63) is 38.9 Å². The quantitative estimate of drug-likeness (QED) is 0.475. The van der Waals surface area contributed by atoms with E-state index in [1.807, 2.05) is 0 Å². The normalized spacial score (nSPS) is 9.27. The predicted octanol–water partition coefficient (Wildman–Crippen LogP) is 3.79. The number of rotatable bonds is 0. The van der Waals surface area contributed by atoms with Gasteiger partial charge in [0.25, 0.3) is 0 Å². The molecule has 1 nitrogen and oxygen atoms in total. The predicted molar refractivity (Wildman–Crippen MR) is 45.4 cm³/mol. The molecule has 0 aliphatic heterocycles. The summed E-state index contributed by atoms with van der Waals surface area (Å²) in [6.07, 6.45) is 0. The molecular weight excluding hydrogens is 232 g/mol. The Balaban J connectivity index is 3.35. The molecule has 1 aromatic rings. The van der Waals surface area contributed by atoms with Crippen molar-refractivity contribution in [1.82, 2.24) is 0 Å². The zero-order valence-electron chi connectivity index (χ0n) is 5.24. The highest BCUT2D eigenvalue weighted by molar-refractivity contribution is 9.10. The molecular formula is C7H2BrClFN. The maximum absolute atomic E-state index is 12.7. The molecule has 0 spiro atoms. The van der Waals surface area contributed by atoms with E-state index in [0.717, 1.165) is 6.07 Å². The van der Waals surface area contributed by atoms with Gasteiger partial charge in [-0.05, 0) is 28.1 Å². The Morgan fingerprint density at radius 1 is 1.55 bits per heavy atom. The Kier molecular flexibility index (Phi) is 2.48. The molecule has 0 radical (unpaired) electrons. The molecule has 0 amide bonds. The summed E-state index contributed by atoms with van der Waals surface area (Å²) < 4.78 is 13.0. The fourth-order valence-corrected chi connectivity index (χ4v) is 1.28. The van der Waals surface area contributed by atoms with Gasteiger partial charge in [0.05, 0.1) is 11.0 Å². The van der Waals surface area contributed by atoms with E-state index in [1.54, 1.807) is 0 Å². The smallest absolute Gasteiger partial charge is 0.208 e. The Hall–Kier alpha value is -0.590. The third kappa shape index (κ3) is 1.70. The van der Waals surface area contributed by atoms with Crippen LogP contribution in [0.3, 0.4) is 0 Å². The van der Waals surface area contributed by atoms with Gasteiger partial charge in [0.2, 0.25) is 5.69 Å². The van der Waals surface area contributed by atoms with Crippen LogP contribution in [0.1, 0.15) is 0 Å². The fourth-order valence-electron chi connectivity index (χ4n) is 0.598. The van der Waals surface area contributed by atoms with E-state index in [2.05, 4.69) is 20.8 Å². The topological polar surface area (TPSA) is 4.36 Å². The van der Waals surface area contributed by atoms with Crippen molar-refractivity contribution in [2.75, 3.05) is 0 Å². The largest absolute Gasteiger partial charge is 0.236 e. The van der Waals surface area contributed by atoms with E-state index < -0.39 is 5.82 Å². The molecule has 0 aromatic heterocycles. The zero-order chi connectivity index (χ0) is 8.43. The fraction of sp³-hybridized carbons (Fsp3) is 0. The van der Waals surface area contributed by atoms with Crippen molar-refractivity contribution < 1.29 is 4.39 Å². The van der Waals surface area contributed by atoms with Crippen LogP contribution in [0.4, 0.5) is 10.1 Å². The molecule has 4 heteroatoms.